The van der Waals surface area contributed by atoms with Gasteiger partial charge in [-0.15, -0.1) is 0 Å². The molecule has 0 spiro atoms. The van der Waals surface area contributed by atoms with E-state index < -0.39 is 11.6 Å². The Morgan fingerprint density at radius 3 is 2.47 bits per heavy atom. The Kier molecular flexibility index (Phi) is 3.04. The maximum Gasteiger partial charge on any atom is 0.149 e. The van der Waals surface area contributed by atoms with Gasteiger partial charge in [0.1, 0.15) is 11.6 Å². The van der Waals surface area contributed by atoms with Crippen molar-refractivity contribution >= 4 is 17.3 Å². The van der Waals surface area contributed by atoms with Gasteiger partial charge < -0.3 is 21.9 Å². The van der Waals surface area contributed by atoms with E-state index in [1.165, 1.54) is 0 Å². The van der Waals surface area contributed by atoms with Gasteiger partial charge in [-0.3, -0.25) is 0 Å². The highest BCUT2D eigenvalue weighted by Gasteiger charge is 2.24. The molecule has 0 bridgehead atoms. The highest BCUT2D eigenvalue weighted by atomic mass is 16.3. The fraction of sp³-hybridized carbons (Fsp3) is 0.500. The van der Waals surface area contributed by atoms with Crippen LogP contribution in [0.2, 0.25) is 0 Å². The molecule has 5 heteroatoms. The molecule has 1 atom stereocenters. The van der Waals surface area contributed by atoms with Gasteiger partial charge in [-0.1, -0.05) is 0 Å². The van der Waals surface area contributed by atoms with Gasteiger partial charge in [-0.25, -0.2) is 4.98 Å². The van der Waals surface area contributed by atoms with Crippen LogP contribution in [0.15, 0.2) is 12.1 Å². The predicted octanol–water partition coefficient (Wildman–Crippen LogP) is 0.817. The van der Waals surface area contributed by atoms with E-state index in [-0.39, 0.29) is 0 Å². The molecular weight excluding hydrogens is 192 g/mol. The molecule has 1 rings (SSSR count). The average molecular weight is 210 g/mol. The summed E-state index contributed by atoms with van der Waals surface area (Å²) in [7, 11) is 0. The second-order valence-corrected chi connectivity index (χ2v) is 4.19. The Bertz CT molecular complexity index is 349. The Morgan fingerprint density at radius 1 is 1.40 bits per heavy atom. The minimum Gasteiger partial charge on any atom is -0.396 e. The third-order valence-electron chi connectivity index (χ3n) is 2.45. The molecule has 0 saturated carbocycles. The Morgan fingerprint density at radius 2 is 2.00 bits per heavy atom. The van der Waals surface area contributed by atoms with Crippen molar-refractivity contribution in [1.29, 1.82) is 0 Å². The Labute approximate surface area is 89.5 Å². The van der Waals surface area contributed by atoms with Crippen LogP contribution in [0.1, 0.15) is 20.8 Å². The quantitative estimate of drug-likeness (QED) is 0.592. The second-order valence-electron chi connectivity index (χ2n) is 4.19. The first-order valence-electron chi connectivity index (χ1n) is 4.81. The number of nitrogens with one attached hydrogen (secondary N) is 1. The van der Waals surface area contributed by atoms with Crippen LogP contribution in [-0.4, -0.2) is 21.7 Å². The van der Waals surface area contributed by atoms with Crippen molar-refractivity contribution in [2.75, 3.05) is 16.8 Å². The largest absolute Gasteiger partial charge is 0.396 e. The molecule has 0 aromatic carbocycles. The fourth-order valence-corrected chi connectivity index (χ4v) is 0.990. The van der Waals surface area contributed by atoms with Crippen molar-refractivity contribution in [2.24, 2.45) is 0 Å². The number of aromatic nitrogens is 1. The van der Waals surface area contributed by atoms with Crippen molar-refractivity contribution in [3.05, 3.63) is 12.1 Å². The third-order valence-corrected chi connectivity index (χ3v) is 2.45. The van der Waals surface area contributed by atoms with E-state index in [1.807, 2.05) is 13.8 Å². The first-order valence-corrected chi connectivity index (χ1v) is 4.81. The number of nitrogen functional groups attached to an aromatic ring is 2. The van der Waals surface area contributed by atoms with Crippen LogP contribution in [-0.2, 0) is 0 Å². The molecule has 0 aliphatic heterocycles. The van der Waals surface area contributed by atoms with Crippen LogP contribution >= 0.6 is 0 Å². The van der Waals surface area contributed by atoms with E-state index >= 15 is 0 Å². The lowest BCUT2D eigenvalue weighted by Crippen LogP contribution is -2.42. The maximum atomic E-state index is 9.52. The Balaban J connectivity index is 2.86. The van der Waals surface area contributed by atoms with E-state index in [4.69, 9.17) is 11.5 Å². The normalized spacial score (nSPS) is 13.6. The Hall–Kier alpha value is -1.49. The van der Waals surface area contributed by atoms with Gasteiger partial charge >= 0.3 is 0 Å². The number of anilines is 3. The van der Waals surface area contributed by atoms with Gasteiger partial charge in [0.15, 0.2) is 0 Å². The van der Waals surface area contributed by atoms with Crippen LogP contribution in [0, 0.1) is 0 Å². The predicted molar refractivity (Wildman–Crippen MR) is 62.4 cm³/mol. The van der Waals surface area contributed by atoms with Gasteiger partial charge in [0.2, 0.25) is 0 Å². The molecule has 15 heavy (non-hydrogen) atoms. The van der Waals surface area contributed by atoms with Gasteiger partial charge in [0.25, 0.3) is 0 Å². The van der Waals surface area contributed by atoms with Crippen molar-refractivity contribution in [3.8, 4) is 0 Å². The zero-order chi connectivity index (χ0) is 11.6. The van der Waals surface area contributed by atoms with Crippen LogP contribution in [0.4, 0.5) is 17.3 Å². The first-order chi connectivity index (χ1) is 6.83. The van der Waals surface area contributed by atoms with E-state index in [0.717, 1.165) is 0 Å². The molecule has 0 saturated heterocycles. The number of hydrogen-bond acceptors (Lipinski definition) is 5. The summed E-state index contributed by atoms with van der Waals surface area (Å²) < 4.78 is 0. The summed E-state index contributed by atoms with van der Waals surface area (Å²) in [5.74, 6) is 0.897. The minimum atomic E-state index is -0.502. The van der Waals surface area contributed by atoms with E-state index in [1.54, 1.807) is 19.1 Å². The van der Waals surface area contributed by atoms with Crippen LogP contribution in [0.3, 0.4) is 0 Å². The number of aliphatic hydroxyl groups is 1. The summed E-state index contributed by atoms with van der Waals surface area (Å²) in [5.41, 5.74) is 11.1. The fourth-order valence-electron chi connectivity index (χ4n) is 0.990. The smallest absolute Gasteiger partial charge is 0.149 e. The van der Waals surface area contributed by atoms with Crippen molar-refractivity contribution < 1.29 is 5.11 Å². The minimum absolute atomic E-state index is 0.293. The van der Waals surface area contributed by atoms with Crippen LogP contribution in [0.25, 0.3) is 0 Å². The summed E-state index contributed by atoms with van der Waals surface area (Å²) in [6.07, 6.45) is -0.502. The van der Waals surface area contributed by atoms with Crippen molar-refractivity contribution in [3.63, 3.8) is 0 Å². The van der Waals surface area contributed by atoms with Crippen molar-refractivity contribution in [1.82, 2.24) is 4.98 Å². The molecule has 0 aliphatic carbocycles. The summed E-state index contributed by atoms with van der Waals surface area (Å²) >= 11 is 0. The van der Waals surface area contributed by atoms with E-state index in [9.17, 15) is 5.11 Å². The molecule has 1 aromatic heterocycles. The number of hydrogen-bond donors (Lipinski definition) is 4. The lowest BCUT2D eigenvalue weighted by atomic mass is 9.99. The lowest BCUT2D eigenvalue weighted by molar-refractivity contribution is 0.133. The molecule has 5 nitrogen and oxygen atoms in total. The van der Waals surface area contributed by atoms with Crippen LogP contribution in [0.5, 0.6) is 0 Å². The summed E-state index contributed by atoms with van der Waals surface area (Å²) in [5, 5.41) is 12.6. The molecular formula is C10H18N4O. The maximum absolute atomic E-state index is 9.52. The lowest BCUT2D eigenvalue weighted by Gasteiger charge is -2.30. The highest BCUT2D eigenvalue weighted by Crippen LogP contribution is 2.20. The number of nitrogens with two attached hydrogens (primary N) is 2. The number of rotatable bonds is 3. The van der Waals surface area contributed by atoms with Gasteiger partial charge in [0.05, 0.1) is 17.3 Å². The van der Waals surface area contributed by atoms with Gasteiger partial charge in [-0.05, 0) is 32.9 Å². The molecule has 1 unspecified atom stereocenters. The average Bonchev–Trinajstić information content (AvgIpc) is 2.10. The zero-order valence-electron chi connectivity index (χ0n) is 9.28. The molecule has 1 aromatic rings. The third kappa shape index (κ3) is 2.73. The molecule has 1 heterocycles. The van der Waals surface area contributed by atoms with Gasteiger partial charge in [0, 0.05) is 0 Å². The monoisotopic (exact) mass is 210 g/mol. The number of pyridine rings is 1. The summed E-state index contributed by atoms with van der Waals surface area (Å²) in [6.45, 7) is 5.48. The van der Waals surface area contributed by atoms with Gasteiger partial charge in [-0.2, -0.15) is 0 Å². The zero-order valence-corrected chi connectivity index (χ0v) is 9.28. The molecule has 0 radical (unpaired) electrons. The molecule has 0 amide bonds. The molecule has 6 N–H and O–H groups in total. The topological polar surface area (TPSA) is 97.2 Å². The molecule has 84 valence electrons. The second kappa shape index (κ2) is 3.94. The standard InChI is InChI=1S/C10H18N4O/c1-6(15)10(2,3)14-8-5-4-7(11)9(12)13-8/h4-6,15H,11H2,1-3H3,(H3,12,13,14). The van der Waals surface area contributed by atoms with Crippen molar-refractivity contribution in [2.45, 2.75) is 32.4 Å². The van der Waals surface area contributed by atoms with Crippen LogP contribution < -0.4 is 16.8 Å². The summed E-state index contributed by atoms with van der Waals surface area (Å²) in [6, 6.07) is 3.42. The molecule has 0 fully saturated rings. The summed E-state index contributed by atoms with van der Waals surface area (Å²) in [4.78, 5) is 4.07. The SMILES string of the molecule is CC(O)C(C)(C)Nc1ccc(N)c(N)n1. The molecule has 0 aliphatic rings. The van der Waals surface area contributed by atoms with E-state index in [2.05, 4.69) is 10.3 Å². The highest BCUT2D eigenvalue weighted by molar-refractivity contribution is 5.61. The number of nitrogens with zero attached hydrogens (tertiary/aromatic N) is 1. The van der Waals surface area contributed by atoms with E-state index in [0.29, 0.717) is 17.3 Å². The number of aliphatic hydroxyl groups excluding tert-OH is 1. The first kappa shape index (κ1) is 11.6.